The lowest BCUT2D eigenvalue weighted by Gasteiger charge is -2.01. The van der Waals surface area contributed by atoms with Crippen molar-refractivity contribution in [3.63, 3.8) is 0 Å². The van der Waals surface area contributed by atoms with Crippen LogP contribution in [0.5, 0.6) is 0 Å². The minimum absolute atomic E-state index is 0.0602. The summed E-state index contributed by atoms with van der Waals surface area (Å²) in [6, 6.07) is 0. The van der Waals surface area contributed by atoms with Gasteiger partial charge in [-0.25, -0.2) is 0 Å². The normalized spacial score (nSPS) is 13.4. The second kappa shape index (κ2) is 11.5. The molecule has 0 atom stereocenters. The van der Waals surface area contributed by atoms with Gasteiger partial charge >= 0.3 is 0 Å². The van der Waals surface area contributed by atoms with E-state index < -0.39 is 0 Å². The summed E-state index contributed by atoms with van der Waals surface area (Å²) in [7, 11) is 3.01. The molecule has 6 nitrogen and oxygen atoms in total. The maximum absolute atomic E-state index is 10.5. The third kappa shape index (κ3) is 8.20. The van der Waals surface area contributed by atoms with Crippen molar-refractivity contribution in [2.24, 2.45) is 0 Å². The van der Waals surface area contributed by atoms with Crippen LogP contribution < -0.4 is 5.32 Å². The Labute approximate surface area is 107 Å². The molecule has 1 N–H and O–H groups in total. The van der Waals surface area contributed by atoms with Gasteiger partial charge in [0.25, 0.3) is 0 Å². The van der Waals surface area contributed by atoms with E-state index in [-0.39, 0.29) is 17.7 Å². The van der Waals surface area contributed by atoms with Crippen LogP contribution in [0.15, 0.2) is 12.2 Å². The van der Waals surface area contributed by atoms with Gasteiger partial charge in [0, 0.05) is 33.0 Å². The van der Waals surface area contributed by atoms with Crippen LogP contribution in [-0.2, 0) is 19.2 Å². The summed E-state index contributed by atoms with van der Waals surface area (Å²) in [5, 5.41) is 2.32. The van der Waals surface area contributed by atoms with Crippen molar-refractivity contribution in [3.8, 4) is 0 Å². The van der Waals surface area contributed by atoms with E-state index in [1.807, 2.05) is 13.8 Å². The summed E-state index contributed by atoms with van der Waals surface area (Å²) >= 11 is 0. The highest BCUT2D eigenvalue weighted by Gasteiger charge is 2.24. The van der Waals surface area contributed by atoms with E-state index in [4.69, 9.17) is 0 Å². The molecule has 0 spiro atoms. The van der Waals surface area contributed by atoms with Gasteiger partial charge in [0.2, 0.25) is 17.7 Å². The number of amides is 3. The van der Waals surface area contributed by atoms with Crippen molar-refractivity contribution >= 4 is 24.0 Å². The monoisotopic (exact) mass is 256 g/mol. The number of nitrogens with zero attached hydrogens (tertiary/aromatic N) is 1. The fraction of sp³-hybridized carbons (Fsp3) is 0.500. The van der Waals surface area contributed by atoms with E-state index in [2.05, 4.69) is 5.32 Å². The first-order valence-corrected chi connectivity index (χ1v) is 5.65. The van der Waals surface area contributed by atoms with Crippen LogP contribution >= 0.6 is 0 Å². The Morgan fingerprint density at radius 1 is 1.22 bits per heavy atom. The second-order valence-corrected chi connectivity index (χ2v) is 2.96. The number of imide groups is 1. The predicted octanol–water partition coefficient (Wildman–Crippen LogP) is 0.279. The lowest BCUT2D eigenvalue weighted by Crippen LogP contribution is -2.23. The molecular weight excluding hydrogens is 236 g/mol. The molecule has 0 aliphatic carbocycles. The van der Waals surface area contributed by atoms with Gasteiger partial charge in [-0.3, -0.25) is 24.1 Å². The van der Waals surface area contributed by atoms with Crippen LogP contribution in [-0.4, -0.2) is 43.0 Å². The first kappa shape index (κ1) is 18.4. The number of rotatable bonds is 2. The number of likely N-dealkylation sites (tertiary alicyclic amines) is 1. The molecule has 1 aliphatic rings. The lowest BCUT2D eigenvalue weighted by atomic mass is 10.4. The molecule has 0 aromatic carbocycles. The molecule has 0 unspecified atom stereocenters. The van der Waals surface area contributed by atoms with E-state index >= 15 is 0 Å². The Balaban J connectivity index is 0. The number of hydrogen-bond donors (Lipinski definition) is 1. The molecule has 18 heavy (non-hydrogen) atoms. The SMILES string of the molecule is CC.CN1C(=O)CCC1=O.CNC(=O)/C=C\C=O. The van der Waals surface area contributed by atoms with Gasteiger partial charge in [-0.15, -0.1) is 0 Å². The number of carbonyl (C=O) groups is 4. The molecule has 0 aromatic rings. The zero-order chi connectivity index (χ0) is 14.6. The Kier molecular flexibility index (Phi) is 11.8. The highest BCUT2D eigenvalue weighted by Crippen LogP contribution is 2.07. The van der Waals surface area contributed by atoms with Gasteiger partial charge in [0.05, 0.1) is 0 Å². The number of hydrogen-bond acceptors (Lipinski definition) is 4. The molecule has 1 saturated heterocycles. The number of allylic oxidation sites excluding steroid dienone is 1. The summed E-state index contributed by atoms with van der Waals surface area (Å²) in [6.07, 6.45) is 3.64. The first-order valence-electron chi connectivity index (χ1n) is 5.65. The maximum atomic E-state index is 10.5. The standard InChI is InChI=1S/2C5H7NO2.C2H6/c1-6-4(7)2-3-5(6)8;1-6-5(8)3-2-4-7;1-2/h2-3H2,1H3;2-4H,1H3,(H,6,8);1-2H3/b;3-2-;. The summed E-state index contributed by atoms with van der Waals surface area (Å²) in [6.45, 7) is 4.00. The molecule has 3 amide bonds. The lowest BCUT2D eigenvalue weighted by molar-refractivity contribution is -0.136. The zero-order valence-corrected chi connectivity index (χ0v) is 11.2. The smallest absolute Gasteiger partial charge is 0.243 e. The van der Waals surface area contributed by atoms with Gasteiger partial charge in [0.1, 0.15) is 6.29 Å². The Hall–Kier alpha value is -1.98. The average molecular weight is 256 g/mol. The molecule has 102 valence electrons. The molecule has 6 heteroatoms. The summed E-state index contributed by atoms with van der Waals surface area (Å²) in [5.74, 6) is -0.387. The largest absolute Gasteiger partial charge is 0.356 e. The van der Waals surface area contributed by atoms with E-state index in [0.717, 1.165) is 12.2 Å². The van der Waals surface area contributed by atoms with Gasteiger partial charge in [-0.2, -0.15) is 0 Å². The van der Waals surface area contributed by atoms with E-state index in [1.54, 1.807) is 0 Å². The number of carbonyl (C=O) groups excluding carboxylic acids is 4. The summed E-state index contributed by atoms with van der Waals surface area (Å²) < 4.78 is 0. The van der Waals surface area contributed by atoms with Crippen LogP contribution in [0.1, 0.15) is 26.7 Å². The zero-order valence-electron chi connectivity index (χ0n) is 11.2. The van der Waals surface area contributed by atoms with Gasteiger partial charge in [-0.05, 0) is 6.08 Å². The van der Waals surface area contributed by atoms with Gasteiger partial charge in [-0.1, -0.05) is 13.8 Å². The minimum Gasteiger partial charge on any atom is -0.356 e. The topological polar surface area (TPSA) is 83.6 Å². The minimum atomic E-state index is -0.267. The quantitative estimate of drug-likeness (QED) is 0.437. The van der Waals surface area contributed by atoms with Gasteiger partial charge in [0.15, 0.2) is 0 Å². The van der Waals surface area contributed by atoms with Crippen molar-refractivity contribution in [1.29, 1.82) is 0 Å². The highest BCUT2D eigenvalue weighted by atomic mass is 16.2. The number of nitrogens with one attached hydrogen (secondary N) is 1. The Morgan fingerprint density at radius 2 is 1.67 bits per heavy atom. The van der Waals surface area contributed by atoms with Crippen LogP contribution in [0.4, 0.5) is 0 Å². The van der Waals surface area contributed by atoms with Crippen molar-refractivity contribution in [2.45, 2.75) is 26.7 Å². The van der Waals surface area contributed by atoms with Crippen LogP contribution in [0.3, 0.4) is 0 Å². The molecule has 0 aromatic heterocycles. The van der Waals surface area contributed by atoms with Crippen LogP contribution in [0.25, 0.3) is 0 Å². The fourth-order valence-corrected chi connectivity index (χ4v) is 0.898. The van der Waals surface area contributed by atoms with E-state index in [1.165, 1.54) is 19.0 Å². The third-order valence-electron chi connectivity index (χ3n) is 1.87. The summed E-state index contributed by atoms with van der Waals surface area (Å²) in [4.78, 5) is 41.9. The van der Waals surface area contributed by atoms with Crippen LogP contribution in [0, 0.1) is 0 Å². The van der Waals surface area contributed by atoms with Crippen molar-refractivity contribution < 1.29 is 19.2 Å². The highest BCUT2D eigenvalue weighted by molar-refractivity contribution is 6.01. The number of aldehydes is 1. The number of likely N-dealkylation sites (N-methyl/N-ethyl adjacent to an activating group) is 1. The Morgan fingerprint density at radius 3 is 1.89 bits per heavy atom. The molecule has 0 bridgehead atoms. The maximum Gasteiger partial charge on any atom is 0.243 e. The summed E-state index contributed by atoms with van der Waals surface area (Å²) in [5.41, 5.74) is 0. The van der Waals surface area contributed by atoms with Crippen molar-refractivity contribution in [2.75, 3.05) is 14.1 Å². The van der Waals surface area contributed by atoms with Crippen LogP contribution in [0.2, 0.25) is 0 Å². The van der Waals surface area contributed by atoms with Crippen molar-refractivity contribution in [3.05, 3.63) is 12.2 Å². The van der Waals surface area contributed by atoms with E-state index in [9.17, 15) is 19.2 Å². The molecule has 1 rings (SSSR count). The van der Waals surface area contributed by atoms with Crippen molar-refractivity contribution in [1.82, 2.24) is 10.2 Å². The molecule has 0 radical (unpaired) electrons. The average Bonchev–Trinajstić information content (AvgIpc) is 2.70. The molecule has 1 heterocycles. The molecule has 1 aliphatic heterocycles. The Bertz CT molecular complexity index is 308. The molecule has 0 saturated carbocycles. The fourth-order valence-electron chi connectivity index (χ4n) is 0.898. The molecule has 1 fully saturated rings. The van der Waals surface area contributed by atoms with Gasteiger partial charge < -0.3 is 5.32 Å². The van der Waals surface area contributed by atoms with E-state index in [0.29, 0.717) is 19.1 Å². The predicted molar refractivity (Wildman–Crippen MR) is 67.6 cm³/mol. The molecular formula is C12H20N2O4. The second-order valence-electron chi connectivity index (χ2n) is 2.96. The third-order valence-corrected chi connectivity index (χ3v) is 1.87. The first-order chi connectivity index (χ1) is 8.52.